The van der Waals surface area contributed by atoms with Gasteiger partial charge in [-0.05, 0) is 37.1 Å². The number of aromatic nitrogens is 1. The molecule has 0 bridgehead atoms. The molecule has 1 aliphatic heterocycles. The lowest BCUT2D eigenvalue weighted by Gasteiger charge is -2.34. The van der Waals surface area contributed by atoms with Crippen LogP contribution in [0.3, 0.4) is 0 Å². The number of hydrogen-bond donors (Lipinski definition) is 2. The molecule has 1 saturated heterocycles. The number of H-pyrrole nitrogens is 1. The molecule has 0 radical (unpaired) electrons. The Bertz CT molecular complexity index is 825. The van der Waals surface area contributed by atoms with Crippen LogP contribution >= 0.6 is 0 Å². The van der Waals surface area contributed by atoms with Crippen LogP contribution in [0.5, 0.6) is 0 Å². The van der Waals surface area contributed by atoms with E-state index in [1.165, 1.54) is 12.1 Å². The van der Waals surface area contributed by atoms with Gasteiger partial charge < -0.3 is 15.2 Å². The molecule has 2 heterocycles. The van der Waals surface area contributed by atoms with Gasteiger partial charge in [0.1, 0.15) is 5.82 Å². The number of halogens is 1. The lowest BCUT2D eigenvalue weighted by Crippen LogP contribution is -2.51. The van der Waals surface area contributed by atoms with Crippen LogP contribution in [0.1, 0.15) is 24.6 Å². The zero-order valence-electron chi connectivity index (χ0n) is 16.0. The first-order valence-electron chi connectivity index (χ1n) is 9.51. The highest BCUT2D eigenvalue weighted by molar-refractivity contribution is 5.90. The lowest BCUT2D eigenvalue weighted by atomic mass is 10.1. The summed E-state index contributed by atoms with van der Waals surface area (Å²) in [6, 6.07) is 4.60. The van der Waals surface area contributed by atoms with E-state index in [9.17, 15) is 14.0 Å². The molecular formula is C20H27FN4O2. The van der Waals surface area contributed by atoms with E-state index >= 15 is 0 Å². The van der Waals surface area contributed by atoms with Crippen LogP contribution < -0.4 is 5.32 Å². The number of fused-ring (bicyclic) bond motifs is 1. The number of nitrogens with zero attached hydrogens (tertiary/aromatic N) is 2. The molecular weight excluding hydrogens is 347 g/mol. The number of piperazine rings is 1. The summed E-state index contributed by atoms with van der Waals surface area (Å²) in [7, 11) is 0. The first-order valence-corrected chi connectivity index (χ1v) is 9.51. The third-order valence-corrected chi connectivity index (χ3v) is 5.07. The maximum absolute atomic E-state index is 13.6. The minimum atomic E-state index is -0.301. The number of rotatable bonds is 6. The average Bonchev–Trinajstić information content (AvgIpc) is 2.95. The van der Waals surface area contributed by atoms with Gasteiger partial charge in [-0.1, -0.05) is 6.92 Å². The molecule has 3 rings (SSSR count). The number of carbonyl (C=O) groups excluding carboxylic acids is 2. The summed E-state index contributed by atoms with van der Waals surface area (Å²) in [6.07, 6.45) is 1.18. The number of nitrogens with one attached hydrogen (secondary N) is 2. The Balaban J connectivity index is 1.57. The summed E-state index contributed by atoms with van der Waals surface area (Å²) in [4.78, 5) is 31.7. The van der Waals surface area contributed by atoms with E-state index in [2.05, 4.69) is 15.2 Å². The van der Waals surface area contributed by atoms with Crippen molar-refractivity contribution >= 4 is 22.7 Å². The van der Waals surface area contributed by atoms with Crippen LogP contribution in [0.15, 0.2) is 18.2 Å². The summed E-state index contributed by atoms with van der Waals surface area (Å²) in [6.45, 7) is 7.59. The zero-order chi connectivity index (χ0) is 19.4. The van der Waals surface area contributed by atoms with Crippen molar-refractivity contribution in [3.63, 3.8) is 0 Å². The first kappa shape index (κ1) is 19.4. The van der Waals surface area contributed by atoms with Gasteiger partial charge in [-0.25, -0.2) is 4.39 Å². The molecule has 2 aromatic rings. The average molecular weight is 374 g/mol. The van der Waals surface area contributed by atoms with Crippen LogP contribution in [-0.2, 0) is 16.0 Å². The fourth-order valence-corrected chi connectivity index (χ4v) is 3.52. The SMILES string of the molecule is CCCNC(=O)CN1CCN(C(=O)Cc2c(C)[nH]c3ccc(F)cc23)CC1. The van der Waals surface area contributed by atoms with Crippen molar-refractivity contribution in [3.8, 4) is 0 Å². The molecule has 1 fully saturated rings. The monoisotopic (exact) mass is 374 g/mol. The molecule has 146 valence electrons. The number of hydrogen-bond acceptors (Lipinski definition) is 3. The van der Waals surface area contributed by atoms with Crippen molar-refractivity contribution in [2.75, 3.05) is 39.3 Å². The number of carbonyl (C=O) groups is 2. The standard InChI is InChI=1S/C20H27FN4O2/c1-3-6-22-19(26)13-24-7-9-25(10-8-24)20(27)12-16-14(2)23-18-5-4-15(21)11-17(16)18/h4-5,11,23H,3,6-10,12-13H2,1-2H3,(H,22,26). The fraction of sp³-hybridized carbons (Fsp3) is 0.500. The van der Waals surface area contributed by atoms with E-state index in [4.69, 9.17) is 0 Å². The Kier molecular flexibility index (Phi) is 6.11. The van der Waals surface area contributed by atoms with Gasteiger partial charge in [-0.15, -0.1) is 0 Å². The van der Waals surface area contributed by atoms with E-state index in [0.29, 0.717) is 39.3 Å². The Morgan fingerprint density at radius 1 is 1.22 bits per heavy atom. The highest BCUT2D eigenvalue weighted by atomic mass is 19.1. The molecule has 1 aromatic carbocycles. The van der Waals surface area contributed by atoms with E-state index in [1.807, 2.05) is 18.7 Å². The topological polar surface area (TPSA) is 68.4 Å². The van der Waals surface area contributed by atoms with Crippen molar-refractivity contribution in [1.29, 1.82) is 0 Å². The summed E-state index contributed by atoms with van der Waals surface area (Å²) < 4.78 is 13.6. The summed E-state index contributed by atoms with van der Waals surface area (Å²) in [5.74, 6) is -0.225. The number of aromatic amines is 1. The second-order valence-corrected chi connectivity index (χ2v) is 7.10. The van der Waals surface area contributed by atoms with Crippen LogP contribution in [-0.4, -0.2) is 65.9 Å². The highest BCUT2D eigenvalue weighted by Crippen LogP contribution is 2.24. The summed E-state index contributed by atoms with van der Waals surface area (Å²) in [5.41, 5.74) is 2.60. The van der Waals surface area contributed by atoms with Crippen LogP contribution in [0.25, 0.3) is 10.9 Å². The molecule has 1 aliphatic rings. The molecule has 2 amide bonds. The second kappa shape index (κ2) is 8.52. The first-order chi connectivity index (χ1) is 13.0. The van der Waals surface area contributed by atoms with Gasteiger partial charge in [0, 0.05) is 49.3 Å². The third kappa shape index (κ3) is 4.66. The van der Waals surface area contributed by atoms with Gasteiger partial charge in [0.05, 0.1) is 13.0 Å². The lowest BCUT2D eigenvalue weighted by molar-refractivity contribution is -0.132. The Hall–Kier alpha value is -2.41. The van der Waals surface area contributed by atoms with Crippen molar-refractivity contribution < 1.29 is 14.0 Å². The Morgan fingerprint density at radius 2 is 1.96 bits per heavy atom. The summed E-state index contributed by atoms with van der Waals surface area (Å²) in [5, 5.41) is 3.65. The number of amides is 2. The van der Waals surface area contributed by atoms with Crippen molar-refractivity contribution in [1.82, 2.24) is 20.1 Å². The number of aryl methyl sites for hydroxylation is 1. The molecule has 6 nitrogen and oxygen atoms in total. The smallest absolute Gasteiger partial charge is 0.234 e. The molecule has 7 heteroatoms. The van der Waals surface area contributed by atoms with Crippen molar-refractivity contribution in [2.24, 2.45) is 0 Å². The quantitative estimate of drug-likeness (QED) is 0.811. The predicted octanol–water partition coefficient (Wildman–Crippen LogP) is 1.83. The second-order valence-electron chi connectivity index (χ2n) is 7.10. The number of benzene rings is 1. The van der Waals surface area contributed by atoms with E-state index in [0.717, 1.165) is 28.6 Å². The van der Waals surface area contributed by atoms with Crippen molar-refractivity contribution in [2.45, 2.75) is 26.7 Å². The fourth-order valence-electron chi connectivity index (χ4n) is 3.52. The van der Waals surface area contributed by atoms with Gasteiger partial charge >= 0.3 is 0 Å². The van der Waals surface area contributed by atoms with Crippen LogP contribution in [0.2, 0.25) is 0 Å². The van der Waals surface area contributed by atoms with Gasteiger partial charge in [-0.2, -0.15) is 0 Å². The minimum Gasteiger partial charge on any atom is -0.358 e. The summed E-state index contributed by atoms with van der Waals surface area (Å²) >= 11 is 0. The molecule has 0 aliphatic carbocycles. The van der Waals surface area contributed by atoms with Gasteiger partial charge in [0.25, 0.3) is 0 Å². The highest BCUT2D eigenvalue weighted by Gasteiger charge is 2.23. The molecule has 0 atom stereocenters. The van der Waals surface area contributed by atoms with E-state index in [1.54, 1.807) is 6.07 Å². The maximum Gasteiger partial charge on any atom is 0.234 e. The van der Waals surface area contributed by atoms with Crippen LogP contribution in [0.4, 0.5) is 4.39 Å². The Morgan fingerprint density at radius 3 is 2.67 bits per heavy atom. The minimum absolute atomic E-state index is 0.0353. The molecule has 0 saturated carbocycles. The largest absolute Gasteiger partial charge is 0.358 e. The van der Waals surface area contributed by atoms with Crippen LogP contribution in [0, 0.1) is 12.7 Å². The normalized spacial score (nSPS) is 15.3. The third-order valence-electron chi connectivity index (χ3n) is 5.07. The van der Waals surface area contributed by atoms with Gasteiger partial charge in [0.15, 0.2) is 0 Å². The predicted molar refractivity (Wildman–Crippen MR) is 103 cm³/mol. The molecule has 0 spiro atoms. The Labute approximate surface area is 158 Å². The van der Waals surface area contributed by atoms with Gasteiger partial charge in [0.2, 0.25) is 11.8 Å². The van der Waals surface area contributed by atoms with E-state index < -0.39 is 0 Å². The zero-order valence-corrected chi connectivity index (χ0v) is 16.0. The maximum atomic E-state index is 13.6. The van der Waals surface area contributed by atoms with E-state index in [-0.39, 0.29) is 24.1 Å². The van der Waals surface area contributed by atoms with Crippen molar-refractivity contribution in [3.05, 3.63) is 35.3 Å². The molecule has 0 unspecified atom stereocenters. The molecule has 2 N–H and O–H groups in total. The molecule has 1 aromatic heterocycles. The molecule has 27 heavy (non-hydrogen) atoms. The van der Waals surface area contributed by atoms with Gasteiger partial charge in [-0.3, -0.25) is 14.5 Å².